The van der Waals surface area contributed by atoms with Gasteiger partial charge in [0, 0.05) is 6.54 Å². The number of nitrogens with two attached hydrogens (primary N) is 1. The number of thiophene rings is 1. The molecule has 0 amide bonds. The third-order valence-corrected chi connectivity index (χ3v) is 4.42. The van der Waals surface area contributed by atoms with Crippen LogP contribution in [0.5, 0.6) is 0 Å². The second-order valence-corrected chi connectivity index (χ2v) is 5.14. The summed E-state index contributed by atoms with van der Waals surface area (Å²) in [4.78, 5) is 0. The molecule has 6 heteroatoms. The molecule has 0 bridgehead atoms. The SMILES string of the molecule is CNS(=O)(=O)c1sccc1CN. The lowest BCUT2D eigenvalue weighted by Crippen LogP contribution is -2.19. The van der Waals surface area contributed by atoms with Crippen molar-refractivity contribution >= 4 is 21.4 Å². The highest BCUT2D eigenvalue weighted by molar-refractivity contribution is 7.91. The van der Waals surface area contributed by atoms with E-state index in [9.17, 15) is 8.42 Å². The zero-order valence-electron chi connectivity index (χ0n) is 6.57. The van der Waals surface area contributed by atoms with Crippen LogP contribution in [-0.2, 0) is 16.6 Å². The van der Waals surface area contributed by atoms with Gasteiger partial charge in [0.1, 0.15) is 4.21 Å². The van der Waals surface area contributed by atoms with Crippen molar-refractivity contribution in [2.45, 2.75) is 10.8 Å². The largest absolute Gasteiger partial charge is 0.326 e. The highest BCUT2D eigenvalue weighted by Gasteiger charge is 2.16. The van der Waals surface area contributed by atoms with Crippen molar-refractivity contribution in [2.75, 3.05) is 7.05 Å². The lowest BCUT2D eigenvalue weighted by Gasteiger charge is -2.00. The van der Waals surface area contributed by atoms with E-state index in [-0.39, 0.29) is 6.54 Å². The molecule has 1 rings (SSSR count). The fourth-order valence-electron chi connectivity index (χ4n) is 0.802. The molecular weight excluding hydrogens is 196 g/mol. The monoisotopic (exact) mass is 206 g/mol. The van der Waals surface area contributed by atoms with Crippen LogP contribution in [0.3, 0.4) is 0 Å². The van der Waals surface area contributed by atoms with E-state index in [1.807, 2.05) is 0 Å². The molecule has 68 valence electrons. The first-order valence-electron chi connectivity index (χ1n) is 3.32. The Kier molecular flexibility index (Phi) is 2.84. The van der Waals surface area contributed by atoms with Crippen LogP contribution in [0.2, 0.25) is 0 Å². The van der Waals surface area contributed by atoms with Gasteiger partial charge >= 0.3 is 0 Å². The molecule has 0 fully saturated rings. The Morgan fingerprint density at radius 1 is 1.67 bits per heavy atom. The lowest BCUT2D eigenvalue weighted by molar-refractivity contribution is 0.589. The minimum absolute atomic E-state index is 0.250. The van der Waals surface area contributed by atoms with Crippen LogP contribution in [0.1, 0.15) is 5.56 Å². The maximum Gasteiger partial charge on any atom is 0.250 e. The van der Waals surface area contributed by atoms with Gasteiger partial charge in [0.2, 0.25) is 10.0 Å². The Bertz CT molecular complexity index is 355. The average Bonchev–Trinajstić information content (AvgIpc) is 2.52. The summed E-state index contributed by atoms with van der Waals surface area (Å²) in [5.41, 5.74) is 6.02. The molecule has 12 heavy (non-hydrogen) atoms. The Balaban J connectivity index is 3.19. The van der Waals surface area contributed by atoms with Crippen LogP contribution in [0.25, 0.3) is 0 Å². The highest BCUT2D eigenvalue weighted by atomic mass is 32.2. The number of sulfonamides is 1. The van der Waals surface area contributed by atoms with Crippen LogP contribution >= 0.6 is 11.3 Å². The minimum atomic E-state index is -3.31. The molecule has 0 saturated carbocycles. The second-order valence-electron chi connectivity index (χ2n) is 2.14. The van der Waals surface area contributed by atoms with Gasteiger partial charge in [-0.25, -0.2) is 13.1 Å². The van der Waals surface area contributed by atoms with Gasteiger partial charge in [0.25, 0.3) is 0 Å². The third kappa shape index (κ3) is 1.66. The van der Waals surface area contributed by atoms with Crippen molar-refractivity contribution in [2.24, 2.45) is 5.73 Å². The predicted molar refractivity (Wildman–Crippen MR) is 48.5 cm³/mol. The van der Waals surface area contributed by atoms with Crippen molar-refractivity contribution < 1.29 is 8.42 Å². The lowest BCUT2D eigenvalue weighted by atomic mass is 10.3. The van der Waals surface area contributed by atoms with Crippen LogP contribution in [0.15, 0.2) is 15.7 Å². The van der Waals surface area contributed by atoms with Crippen molar-refractivity contribution in [3.8, 4) is 0 Å². The van der Waals surface area contributed by atoms with Crippen molar-refractivity contribution in [1.29, 1.82) is 0 Å². The van der Waals surface area contributed by atoms with Crippen LogP contribution in [0, 0.1) is 0 Å². The first kappa shape index (κ1) is 9.66. The molecular formula is C6H10N2O2S2. The maximum atomic E-state index is 11.3. The standard InChI is InChI=1S/C6H10N2O2S2/c1-8-12(9,10)6-5(4-7)2-3-11-6/h2-3,8H,4,7H2,1H3. The Morgan fingerprint density at radius 2 is 2.33 bits per heavy atom. The molecule has 0 spiro atoms. The second kappa shape index (κ2) is 3.53. The number of hydrogen-bond acceptors (Lipinski definition) is 4. The van der Waals surface area contributed by atoms with Gasteiger partial charge in [-0.05, 0) is 24.1 Å². The fraction of sp³-hybridized carbons (Fsp3) is 0.333. The molecule has 0 radical (unpaired) electrons. The first-order valence-corrected chi connectivity index (χ1v) is 5.68. The van der Waals surface area contributed by atoms with Gasteiger partial charge in [-0.2, -0.15) is 0 Å². The molecule has 1 aromatic heterocycles. The van der Waals surface area contributed by atoms with E-state index < -0.39 is 10.0 Å². The molecule has 0 aliphatic heterocycles. The Hall–Kier alpha value is -0.430. The topological polar surface area (TPSA) is 72.2 Å². The van der Waals surface area contributed by atoms with Crippen molar-refractivity contribution in [1.82, 2.24) is 4.72 Å². The molecule has 0 aromatic carbocycles. The molecule has 4 nitrogen and oxygen atoms in total. The summed E-state index contributed by atoms with van der Waals surface area (Å²) in [6.45, 7) is 0.250. The summed E-state index contributed by atoms with van der Waals surface area (Å²) in [6.07, 6.45) is 0. The van der Waals surface area contributed by atoms with Gasteiger partial charge in [0.05, 0.1) is 0 Å². The minimum Gasteiger partial charge on any atom is -0.326 e. The van der Waals surface area contributed by atoms with E-state index in [0.29, 0.717) is 9.77 Å². The van der Waals surface area contributed by atoms with E-state index in [4.69, 9.17) is 5.73 Å². The first-order chi connectivity index (χ1) is 5.61. The Labute approximate surface area is 75.5 Å². The van der Waals surface area contributed by atoms with E-state index in [0.717, 1.165) is 0 Å². The summed E-state index contributed by atoms with van der Waals surface area (Å²) >= 11 is 1.18. The summed E-state index contributed by atoms with van der Waals surface area (Å²) in [5, 5.41) is 1.71. The average molecular weight is 206 g/mol. The zero-order chi connectivity index (χ0) is 9.19. The molecule has 3 N–H and O–H groups in total. The fourth-order valence-corrected chi connectivity index (χ4v) is 3.07. The quantitative estimate of drug-likeness (QED) is 0.737. The van der Waals surface area contributed by atoms with E-state index >= 15 is 0 Å². The molecule has 0 atom stereocenters. The van der Waals surface area contributed by atoms with E-state index in [1.54, 1.807) is 11.4 Å². The zero-order valence-corrected chi connectivity index (χ0v) is 8.21. The van der Waals surface area contributed by atoms with Crippen molar-refractivity contribution in [3.63, 3.8) is 0 Å². The van der Waals surface area contributed by atoms with E-state index in [2.05, 4.69) is 4.72 Å². The van der Waals surface area contributed by atoms with Crippen LogP contribution in [0.4, 0.5) is 0 Å². The van der Waals surface area contributed by atoms with Gasteiger partial charge in [-0.1, -0.05) is 0 Å². The molecule has 0 saturated heterocycles. The predicted octanol–water partition coefficient (Wildman–Crippen LogP) is 0.115. The third-order valence-electron chi connectivity index (χ3n) is 1.44. The number of rotatable bonds is 3. The summed E-state index contributed by atoms with van der Waals surface area (Å²) in [7, 11) is -1.92. The highest BCUT2D eigenvalue weighted by Crippen LogP contribution is 2.21. The molecule has 1 heterocycles. The molecule has 0 aliphatic rings. The normalized spacial score (nSPS) is 11.8. The van der Waals surface area contributed by atoms with E-state index in [1.165, 1.54) is 18.4 Å². The molecule has 0 aliphatic carbocycles. The summed E-state index contributed by atoms with van der Waals surface area (Å²) in [6, 6.07) is 1.72. The number of hydrogen-bond donors (Lipinski definition) is 2. The number of nitrogens with one attached hydrogen (secondary N) is 1. The smallest absolute Gasteiger partial charge is 0.250 e. The van der Waals surface area contributed by atoms with Gasteiger partial charge < -0.3 is 5.73 Å². The van der Waals surface area contributed by atoms with Crippen LogP contribution in [-0.4, -0.2) is 15.5 Å². The molecule has 1 aromatic rings. The Morgan fingerprint density at radius 3 is 2.83 bits per heavy atom. The maximum absolute atomic E-state index is 11.3. The summed E-state index contributed by atoms with van der Waals surface area (Å²) < 4.78 is 25.1. The van der Waals surface area contributed by atoms with Crippen molar-refractivity contribution in [3.05, 3.63) is 17.0 Å². The van der Waals surface area contributed by atoms with Gasteiger partial charge in [0.15, 0.2) is 0 Å². The van der Waals surface area contributed by atoms with Gasteiger partial charge in [-0.3, -0.25) is 0 Å². The summed E-state index contributed by atoms with van der Waals surface area (Å²) in [5.74, 6) is 0. The van der Waals surface area contributed by atoms with Crippen LogP contribution < -0.4 is 10.5 Å². The van der Waals surface area contributed by atoms with Gasteiger partial charge in [-0.15, -0.1) is 11.3 Å². The molecule has 0 unspecified atom stereocenters.